The van der Waals surface area contributed by atoms with Crippen LogP contribution in [0.25, 0.3) is 0 Å². The second-order valence-electron chi connectivity index (χ2n) is 12.6. The van der Waals surface area contributed by atoms with Crippen LogP contribution >= 0.6 is 0 Å². The highest BCUT2D eigenvalue weighted by atomic mass is 19.1. The Balaban J connectivity index is 1.77. The van der Waals surface area contributed by atoms with Crippen molar-refractivity contribution in [3.8, 4) is 0 Å². The molecule has 1 heterocycles. The van der Waals surface area contributed by atoms with Gasteiger partial charge in [-0.25, -0.2) is 4.39 Å². The number of allylic oxidation sites excluding steroid dienone is 4. The van der Waals surface area contributed by atoms with Crippen molar-refractivity contribution in [2.24, 2.45) is 15.1 Å². The minimum absolute atomic E-state index is 0.270. The number of benzene rings is 1. The fourth-order valence-corrected chi connectivity index (χ4v) is 4.87. The van der Waals surface area contributed by atoms with Gasteiger partial charge in [0.15, 0.2) is 0 Å². The number of nitrogens with zero attached hydrogens (tertiary/aromatic N) is 4. The summed E-state index contributed by atoms with van der Waals surface area (Å²) >= 11 is 0. The monoisotopic (exact) mass is 600 g/mol. The number of hydrogen-bond donors (Lipinski definition) is 2. The van der Waals surface area contributed by atoms with E-state index >= 15 is 0 Å². The van der Waals surface area contributed by atoms with E-state index in [1.807, 2.05) is 76.5 Å². The van der Waals surface area contributed by atoms with Crippen LogP contribution in [0.1, 0.15) is 91.0 Å². The highest BCUT2D eigenvalue weighted by Gasteiger charge is 2.18. The molecule has 2 rings (SSSR count). The SMILES string of the molecule is C=C(/C=C\C(CCCC/C(C)=N/NC(C)=NC(C)(C)Cc1ccccn1)=NC)N/C(=C/C)Cc1cccc(CC(C)(C)F)c1. The van der Waals surface area contributed by atoms with E-state index in [9.17, 15) is 4.39 Å². The van der Waals surface area contributed by atoms with Crippen LogP contribution in [-0.2, 0) is 19.3 Å². The normalized spacial score (nSPS) is 13.8. The first-order valence-electron chi connectivity index (χ1n) is 15.6. The molecule has 0 amide bonds. The number of nitrogens with one attached hydrogen (secondary N) is 2. The molecule has 0 unspecified atom stereocenters. The van der Waals surface area contributed by atoms with E-state index < -0.39 is 5.67 Å². The number of pyridine rings is 1. The number of aromatic nitrogens is 1. The Morgan fingerprint density at radius 2 is 1.70 bits per heavy atom. The van der Waals surface area contributed by atoms with Crippen LogP contribution in [0.15, 0.2) is 99.9 Å². The van der Waals surface area contributed by atoms with Gasteiger partial charge in [-0.3, -0.25) is 20.4 Å². The second-order valence-corrected chi connectivity index (χ2v) is 12.6. The standard InChI is InChI=1S/C37H53FN6/c1-10-33(25-31-17-15-18-32(24-31)26-36(5,6)38)41-28(2)21-22-34(39-9)19-12-11-16-29(3)43-44-30(4)42-37(7,8)27-35-20-13-14-23-40-35/h10,13-15,17-18,20-24,41H,2,11-12,16,19,25-27H2,1,3-9H3,(H,42,44)/b22-21-,33-10+,39-34?,43-29+. The van der Waals surface area contributed by atoms with E-state index in [0.717, 1.165) is 84.0 Å². The fraction of sp³-hybridized carbons (Fsp3) is 0.459. The molecule has 44 heavy (non-hydrogen) atoms. The molecule has 6 nitrogen and oxygen atoms in total. The van der Waals surface area contributed by atoms with E-state index in [4.69, 9.17) is 4.99 Å². The third-order valence-electron chi connectivity index (χ3n) is 6.88. The van der Waals surface area contributed by atoms with Crippen molar-refractivity contribution in [1.82, 2.24) is 15.7 Å². The van der Waals surface area contributed by atoms with Gasteiger partial charge < -0.3 is 5.32 Å². The average molecular weight is 601 g/mol. The molecule has 0 atom stereocenters. The van der Waals surface area contributed by atoms with Crippen molar-refractivity contribution >= 4 is 17.3 Å². The van der Waals surface area contributed by atoms with Gasteiger partial charge in [-0.15, -0.1) is 0 Å². The third-order valence-corrected chi connectivity index (χ3v) is 6.88. The molecule has 0 aliphatic rings. The highest BCUT2D eigenvalue weighted by Crippen LogP contribution is 2.19. The van der Waals surface area contributed by atoms with Gasteiger partial charge in [0.25, 0.3) is 0 Å². The summed E-state index contributed by atoms with van der Waals surface area (Å²) in [5, 5.41) is 7.94. The molecule has 0 spiro atoms. The summed E-state index contributed by atoms with van der Waals surface area (Å²) in [5.74, 6) is 0.792. The van der Waals surface area contributed by atoms with Crippen LogP contribution in [0.4, 0.5) is 4.39 Å². The molecule has 238 valence electrons. The molecular weight excluding hydrogens is 547 g/mol. The van der Waals surface area contributed by atoms with E-state index in [1.54, 1.807) is 13.8 Å². The molecule has 2 aromatic rings. The first-order valence-corrected chi connectivity index (χ1v) is 15.6. The Morgan fingerprint density at radius 3 is 2.36 bits per heavy atom. The number of hydrogen-bond acceptors (Lipinski definition) is 5. The Labute approximate surface area is 265 Å². The third kappa shape index (κ3) is 15.6. The van der Waals surface area contributed by atoms with E-state index in [-0.39, 0.29) is 5.54 Å². The molecule has 0 aliphatic heterocycles. The fourth-order valence-electron chi connectivity index (χ4n) is 4.87. The number of alkyl halides is 1. The lowest BCUT2D eigenvalue weighted by Crippen LogP contribution is -2.26. The molecule has 0 saturated heterocycles. The van der Waals surface area contributed by atoms with Crippen molar-refractivity contribution < 1.29 is 4.39 Å². The quantitative estimate of drug-likeness (QED) is 0.0628. The molecule has 0 saturated carbocycles. The van der Waals surface area contributed by atoms with Gasteiger partial charge in [-0.05, 0) is 110 Å². The van der Waals surface area contributed by atoms with Gasteiger partial charge in [0.2, 0.25) is 0 Å². The van der Waals surface area contributed by atoms with Crippen molar-refractivity contribution in [3.63, 3.8) is 0 Å². The molecule has 0 bridgehead atoms. The molecule has 7 heteroatoms. The zero-order valence-electron chi connectivity index (χ0n) is 28.2. The van der Waals surface area contributed by atoms with Gasteiger partial charge in [0.1, 0.15) is 11.5 Å². The number of rotatable bonds is 17. The van der Waals surface area contributed by atoms with Gasteiger partial charge in [-0.2, -0.15) is 5.10 Å². The topological polar surface area (TPSA) is 74.0 Å². The van der Waals surface area contributed by atoms with E-state index in [1.165, 1.54) is 0 Å². The van der Waals surface area contributed by atoms with Gasteiger partial charge >= 0.3 is 0 Å². The van der Waals surface area contributed by atoms with Crippen molar-refractivity contribution in [3.05, 3.63) is 102 Å². The summed E-state index contributed by atoms with van der Waals surface area (Å²) in [6, 6.07) is 14.1. The lowest BCUT2D eigenvalue weighted by Gasteiger charge is -2.20. The van der Waals surface area contributed by atoms with Crippen LogP contribution in [0.5, 0.6) is 0 Å². The lowest BCUT2D eigenvalue weighted by molar-refractivity contribution is 0.217. The van der Waals surface area contributed by atoms with Crippen LogP contribution in [0.2, 0.25) is 0 Å². The second kappa shape index (κ2) is 18.1. The average Bonchev–Trinajstić information content (AvgIpc) is 2.94. The number of halogens is 1. The zero-order valence-corrected chi connectivity index (χ0v) is 28.2. The number of aliphatic imine (C=N–C) groups is 2. The Hall–Kier alpha value is -3.87. The Bertz CT molecular complexity index is 1340. The minimum Gasteiger partial charge on any atom is -0.359 e. The smallest absolute Gasteiger partial charge is 0.114 e. The van der Waals surface area contributed by atoms with Crippen LogP contribution in [-0.4, -0.2) is 40.5 Å². The number of unbranched alkanes of at least 4 members (excludes halogenated alkanes) is 1. The zero-order chi connectivity index (χ0) is 32.6. The minimum atomic E-state index is -1.23. The largest absolute Gasteiger partial charge is 0.359 e. The lowest BCUT2D eigenvalue weighted by atomic mass is 9.97. The first kappa shape index (κ1) is 36.3. The number of hydrazone groups is 1. The summed E-state index contributed by atoms with van der Waals surface area (Å²) in [6.07, 6.45) is 13.6. The maximum absolute atomic E-state index is 14.1. The molecular formula is C37H53FN6. The summed E-state index contributed by atoms with van der Waals surface area (Å²) < 4.78 is 14.1. The molecule has 0 radical (unpaired) electrons. The van der Waals surface area contributed by atoms with Crippen LogP contribution in [0.3, 0.4) is 0 Å². The predicted octanol–water partition coefficient (Wildman–Crippen LogP) is 8.51. The van der Waals surface area contributed by atoms with Gasteiger partial charge in [-0.1, -0.05) is 43.0 Å². The maximum atomic E-state index is 14.1. The van der Waals surface area contributed by atoms with E-state index in [0.29, 0.717) is 6.42 Å². The summed E-state index contributed by atoms with van der Waals surface area (Å²) in [7, 11) is 1.83. The van der Waals surface area contributed by atoms with Crippen LogP contribution < -0.4 is 10.7 Å². The summed E-state index contributed by atoms with van der Waals surface area (Å²) in [5.41, 5.74) is 8.71. The number of amidine groups is 1. The van der Waals surface area contributed by atoms with Crippen molar-refractivity contribution in [1.29, 1.82) is 0 Å². The van der Waals surface area contributed by atoms with Crippen molar-refractivity contribution in [2.75, 3.05) is 7.05 Å². The first-order chi connectivity index (χ1) is 20.8. The maximum Gasteiger partial charge on any atom is 0.114 e. The molecule has 0 aliphatic carbocycles. The molecule has 1 aromatic carbocycles. The Kier molecular flexibility index (Phi) is 14.9. The summed E-state index contributed by atoms with van der Waals surface area (Å²) in [6.45, 7) is 17.6. The molecule has 0 fully saturated rings. The van der Waals surface area contributed by atoms with Gasteiger partial charge in [0, 0.05) is 61.0 Å². The summed E-state index contributed by atoms with van der Waals surface area (Å²) in [4.78, 5) is 13.7. The highest BCUT2D eigenvalue weighted by molar-refractivity contribution is 5.95. The predicted molar refractivity (Wildman–Crippen MR) is 187 cm³/mol. The van der Waals surface area contributed by atoms with E-state index in [2.05, 4.69) is 64.5 Å². The van der Waals surface area contributed by atoms with Crippen molar-refractivity contribution in [2.45, 2.75) is 105 Å². The van der Waals surface area contributed by atoms with Crippen LogP contribution in [0, 0.1) is 0 Å². The molecule has 1 aromatic heterocycles. The Morgan fingerprint density at radius 1 is 0.977 bits per heavy atom. The van der Waals surface area contributed by atoms with Gasteiger partial charge in [0.05, 0.1) is 5.54 Å². The molecule has 2 N–H and O–H groups in total.